The highest BCUT2D eigenvalue weighted by molar-refractivity contribution is 7.89. The molecule has 0 radical (unpaired) electrons. The summed E-state index contributed by atoms with van der Waals surface area (Å²) >= 11 is 0. The molecule has 1 heterocycles. The molecule has 0 spiro atoms. The lowest BCUT2D eigenvalue weighted by molar-refractivity contribution is 0.209. The summed E-state index contributed by atoms with van der Waals surface area (Å²) in [6.07, 6.45) is 4.00. The lowest BCUT2D eigenvalue weighted by Gasteiger charge is -2.37. The highest BCUT2D eigenvalue weighted by Crippen LogP contribution is 2.50. The van der Waals surface area contributed by atoms with Crippen LogP contribution >= 0.6 is 0 Å². The maximum Gasteiger partial charge on any atom is 0.409 e. The smallest absolute Gasteiger partial charge is 0.409 e. The van der Waals surface area contributed by atoms with E-state index in [1.54, 1.807) is 24.3 Å². The monoisotopic (exact) mass is 385 g/mol. The van der Waals surface area contributed by atoms with Gasteiger partial charge in [-0.1, -0.05) is 24.3 Å². The highest BCUT2D eigenvalue weighted by Gasteiger charge is 2.38. The van der Waals surface area contributed by atoms with Crippen LogP contribution in [0.2, 0.25) is 0 Å². The van der Waals surface area contributed by atoms with E-state index in [0.29, 0.717) is 5.69 Å². The number of nitrogens with two attached hydrogens (primary N) is 1. The minimum absolute atomic E-state index is 0.0386. The average molecular weight is 385 g/mol. The van der Waals surface area contributed by atoms with Gasteiger partial charge < -0.3 is 10.4 Å². The zero-order chi connectivity index (χ0) is 19.2. The number of hydrogen-bond donors (Lipinski definition) is 4. The molecule has 0 aromatic heterocycles. The molecular weight excluding hydrogens is 366 g/mol. The maximum absolute atomic E-state index is 11.7. The van der Waals surface area contributed by atoms with Gasteiger partial charge in [-0.25, -0.2) is 18.4 Å². The summed E-state index contributed by atoms with van der Waals surface area (Å²) in [7, 11) is -3.75. The van der Waals surface area contributed by atoms with Gasteiger partial charge in [0.2, 0.25) is 10.0 Å². The normalized spacial score (nSPS) is 23.2. The lowest BCUT2D eigenvalue weighted by atomic mass is 9.77. The molecule has 2 aliphatic rings. The predicted molar refractivity (Wildman–Crippen MR) is 102 cm³/mol. The number of nitrogens with one attached hydrogen (secondary N) is 2. The van der Waals surface area contributed by atoms with Crippen molar-refractivity contribution in [1.82, 2.24) is 0 Å². The topological polar surface area (TPSA) is 122 Å². The number of primary sulfonamides is 1. The molecular formula is C19H19N3O4S. The van der Waals surface area contributed by atoms with E-state index in [4.69, 9.17) is 10.2 Å². The van der Waals surface area contributed by atoms with Crippen LogP contribution in [0, 0.1) is 5.92 Å². The summed E-state index contributed by atoms with van der Waals surface area (Å²) in [6.45, 7) is 0. The van der Waals surface area contributed by atoms with Crippen molar-refractivity contribution >= 4 is 27.5 Å². The number of anilines is 2. The standard InChI is InChI=1S/C19H19N3O4S/c20-27(25,26)13-8-9-17-16(10-13)14-2-1-3-15(14)18(22-17)11-4-6-12(7-5-11)21-19(23)24/h1-2,4-10,14-15,18,21-22H,3H2,(H,23,24)(H2,20,25,26). The Hall–Kier alpha value is -2.84. The Balaban J connectivity index is 1.69. The second-order valence-electron chi connectivity index (χ2n) is 6.82. The minimum atomic E-state index is -3.75. The quantitative estimate of drug-likeness (QED) is 0.604. The van der Waals surface area contributed by atoms with Gasteiger partial charge in [0.15, 0.2) is 0 Å². The van der Waals surface area contributed by atoms with E-state index in [9.17, 15) is 13.2 Å². The Kier molecular flexibility index (Phi) is 4.16. The van der Waals surface area contributed by atoms with Crippen LogP contribution in [0.5, 0.6) is 0 Å². The summed E-state index contributed by atoms with van der Waals surface area (Å²) < 4.78 is 23.4. The minimum Gasteiger partial charge on any atom is -0.465 e. The van der Waals surface area contributed by atoms with Crippen LogP contribution in [0.25, 0.3) is 0 Å². The van der Waals surface area contributed by atoms with E-state index in [2.05, 4.69) is 22.8 Å². The van der Waals surface area contributed by atoms with E-state index < -0.39 is 16.1 Å². The molecule has 1 aliphatic heterocycles. The van der Waals surface area contributed by atoms with Gasteiger partial charge in [-0.05, 0) is 53.8 Å². The molecule has 2 aromatic carbocycles. The molecule has 8 heteroatoms. The van der Waals surface area contributed by atoms with Crippen molar-refractivity contribution in [2.24, 2.45) is 11.1 Å². The molecule has 0 bridgehead atoms. The fraction of sp³-hybridized carbons (Fsp3) is 0.211. The Morgan fingerprint density at radius 2 is 1.93 bits per heavy atom. The number of amides is 1. The number of benzene rings is 2. The molecule has 1 amide bonds. The fourth-order valence-electron chi connectivity index (χ4n) is 3.98. The van der Waals surface area contributed by atoms with E-state index in [-0.39, 0.29) is 22.8 Å². The van der Waals surface area contributed by atoms with Crippen molar-refractivity contribution in [1.29, 1.82) is 0 Å². The van der Waals surface area contributed by atoms with Gasteiger partial charge in [0, 0.05) is 17.3 Å². The van der Waals surface area contributed by atoms with Crippen molar-refractivity contribution < 1.29 is 18.3 Å². The summed E-state index contributed by atoms with van der Waals surface area (Å²) in [5.41, 5.74) is 3.38. The highest BCUT2D eigenvalue weighted by atomic mass is 32.2. The van der Waals surface area contributed by atoms with Crippen molar-refractivity contribution in [3.05, 3.63) is 65.7 Å². The number of carboxylic acid groups (broad SMARTS) is 1. The zero-order valence-corrected chi connectivity index (χ0v) is 15.1. The van der Waals surface area contributed by atoms with Crippen LogP contribution in [0.1, 0.15) is 29.5 Å². The van der Waals surface area contributed by atoms with Crippen molar-refractivity contribution in [2.75, 3.05) is 10.6 Å². The number of fused-ring (bicyclic) bond motifs is 3. The largest absolute Gasteiger partial charge is 0.465 e. The molecule has 2 aromatic rings. The first kappa shape index (κ1) is 17.6. The fourth-order valence-corrected chi connectivity index (χ4v) is 4.53. The van der Waals surface area contributed by atoms with Crippen LogP contribution in [-0.4, -0.2) is 19.6 Å². The summed E-state index contributed by atoms with van der Waals surface area (Å²) in [6, 6.07) is 12.2. The Labute approximate surface area is 156 Å². The molecule has 4 rings (SSSR count). The molecule has 3 atom stereocenters. The first-order chi connectivity index (χ1) is 12.8. The van der Waals surface area contributed by atoms with E-state index in [0.717, 1.165) is 23.2 Å². The van der Waals surface area contributed by atoms with Gasteiger partial charge in [0.05, 0.1) is 10.9 Å². The van der Waals surface area contributed by atoms with Gasteiger partial charge in [0.1, 0.15) is 0 Å². The second kappa shape index (κ2) is 6.40. The summed E-state index contributed by atoms with van der Waals surface area (Å²) in [5.74, 6) is 0.344. The molecule has 5 N–H and O–H groups in total. The van der Waals surface area contributed by atoms with Gasteiger partial charge in [-0.3, -0.25) is 5.32 Å². The first-order valence-electron chi connectivity index (χ1n) is 8.53. The van der Waals surface area contributed by atoms with E-state index >= 15 is 0 Å². The Bertz CT molecular complexity index is 1030. The molecule has 27 heavy (non-hydrogen) atoms. The van der Waals surface area contributed by atoms with Gasteiger partial charge in [-0.15, -0.1) is 0 Å². The molecule has 0 saturated heterocycles. The number of rotatable bonds is 3. The van der Waals surface area contributed by atoms with Crippen molar-refractivity contribution in [2.45, 2.75) is 23.3 Å². The van der Waals surface area contributed by atoms with Crippen LogP contribution in [0.3, 0.4) is 0 Å². The first-order valence-corrected chi connectivity index (χ1v) is 10.1. The summed E-state index contributed by atoms with van der Waals surface area (Å²) in [5, 5.41) is 19.9. The third-order valence-corrected chi connectivity index (χ3v) is 6.09. The number of allylic oxidation sites excluding steroid dienone is 2. The zero-order valence-electron chi connectivity index (χ0n) is 14.3. The third-order valence-electron chi connectivity index (χ3n) is 5.18. The van der Waals surface area contributed by atoms with Crippen LogP contribution in [-0.2, 0) is 10.0 Å². The second-order valence-corrected chi connectivity index (χ2v) is 8.38. The van der Waals surface area contributed by atoms with Gasteiger partial charge >= 0.3 is 6.09 Å². The van der Waals surface area contributed by atoms with Crippen molar-refractivity contribution in [3.63, 3.8) is 0 Å². The van der Waals surface area contributed by atoms with E-state index in [1.165, 1.54) is 6.07 Å². The molecule has 0 fully saturated rings. The molecule has 7 nitrogen and oxygen atoms in total. The molecule has 3 unspecified atom stereocenters. The number of hydrogen-bond acceptors (Lipinski definition) is 4. The SMILES string of the molecule is NS(=O)(=O)c1ccc2c(c1)C1C=CCC1C(c1ccc(NC(=O)O)cc1)N2. The summed E-state index contributed by atoms with van der Waals surface area (Å²) in [4.78, 5) is 10.9. The van der Waals surface area contributed by atoms with Crippen LogP contribution < -0.4 is 15.8 Å². The van der Waals surface area contributed by atoms with Gasteiger partial charge in [0.25, 0.3) is 0 Å². The lowest BCUT2D eigenvalue weighted by Crippen LogP contribution is -2.29. The maximum atomic E-state index is 11.7. The van der Waals surface area contributed by atoms with Crippen LogP contribution in [0.15, 0.2) is 59.5 Å². The van der Waals surface area contributed by atoms with Crippen LogP contribution in [0.4, 0.5) is 16.2 Å². The third kappa shape index (κ3) is 3.29. The molecule has 1 aliphatic carbocycles. The predicted octanol–water partition coefficient (Wildman–Crippen LogP) is 3.25. The number of sulfonamides is 1. The van der Waals surface area contributed by atoms with E-state index in [1.807, 2.05) is 12.1 Å². The Morgan fingerprint density at radius 3 is 2.59 bits per heavy atom. The molecule has 140 valence electrons. The Morgan fingerprint density at radius 1 is 1.19 bits per heavy atom. The average Bonchev–Trinajstić information content (AvgIpc) is 3.10. The van der Waals surface area contributed by atoms with Crippen molar-refractivity contribution in [3.8, 4) is 0 Å². The van der Waals surface area contributed by atoms with Gasteiger partial charge in [-0.2, -0.15) is 0 Å². The number of carbonyl (C=O) groups is 1. The molecule has 0 saturated carbocycles.